The van der Waals surface area contributed by atoms with E-state index in [0.29, 0.717) is 0 Å². The average Bonchev–Trinajstić information content (AvgIpc) is 2.13. The van der Waals surface area contributed by atoms with E-state index in [-0.39, 0.29) is 12.2 Å². The number of carbonyl (C=O) groups is 1. The molecule has 2 N–H and O–H groups in total. The molecule has 0 aromatic carbocycles. The molecule has 7 heteroatoms. The Hall–Kier alpha value is -1.08. The van der Waals surface area contributed by atoms with Crippen LogP contribution in [0.25, 0.3) is 0 Å². The van der Waals surface area contributed by atoms with E-state index in [1.54, 1.807) is 0 Å². The van der Waals surface area contributed by atoms with Crippen molar-refractivity contribution in [1.29, 1.82) is 0 Å². The van der Waals surface area contributed by atoms with Gasteiger partial charge < -0.3 is 15.2 Å². The molecule has 0 radical (unpaired) electrons. The second-order valence-corrected chi connectivity index (χ2v) is 2.67. The first-order valence-corrected chi connectivity index (χ1v) is 4.01. The Morgan fingerprint density at radius 1 is 1.47 bits per heavy atom. The number of hydrogen-bond acceptors (Lipinski definition) is 3. The third-order valence-electron chi connectivity index (χ3n) is 1.36. The van der Waals surface area contributed by atoms with Gasteiger partial charge in [-0.15, -0.1) is 0 Å². The number of hydrogen-bond donors (Lipinski definition) is 1. The van der Waals surface area contributed by atoms with Gasteiger partial charge in [-0.2, -0.15) is 0 Å². The Morgan fingerprint density at radius 2 is 2.00 bits per heavy atom. The summed E-state index contributed by atoms with van der Waals surface area (Å²) in [7, 11) is 0. The van der Waals surface area contributed by atoms with Crippen molar-refractivity contribution >= 4 is 5.91 Å². The fraction of sp³-hybridized carbons (Fsp3) is 0.625. The van der Waals surface area contributed by atoms with Crippen LogP contribution in [-0.4, -0.2) is 31.6 Å². The zero-order valence-electron chi connectivity index (χ0n) is 8.08. The molecule has 0 saturated carbocycles. The van der Waals surface area contributed by atoms with Gasteiger partial charge in [0.1, 0.15) is 0 Å². The van der Waals surface area contributed by atoms with Crippen molar-refractivity contribution in [3.05, 3.63) is 12.2 Å². The first kappa shape index (κ1) is 13.9. The standard InChI is InChI=1S/C8H12F3NO3/c1-4(8(12)13)3-14-5(2)15-7(11)6(9)10/h5-7H,1,3H2,2H3,(H2,12,13). The summed E-state index contributed by atoms with van der Waals surface area (Å²) in [6.45, 7) is 4.16. The summed E-state index contributed by atoms with van der Waals surface area (Å²) in [4.78, 5) is 10.5. The first-order valence-electron chi connectivity index (χ1n) is 4.01. The number of nitrogens with two attached hydrogens (primary N) is 1. The highest BCUT2D eigenvalue weighted by Gasteiger charge is 2.22. The van der Waals surface area contributed by atoms with E-state index in [0.717, 1.165) is 0 Å². The lowest BCUT2D eigenvalue weighted by Gasteiger charge is -2.16. The summed E-state index contributed by atoms with van der Waals surface area (Å²) < 4.78 is 44.4. The summed E-state index contributed by atoms with van der Waals surface area (Å²) in [5.74, 6) is -0.784. The topological polar surface area (TPSA) is 61.6 Å². The number of amides is 1. The van der Waals surface area contributed by atoms with Crippen molar-refractivity contribution in [3.63, 3.8) is 0 Å². The average molecular weight is 227 g/mol. The van der Waals surface area contributed by atoms with Crippen LogP contribution < -0.4 is 5.73 Å². The summed E-state index contributed by atoms with van der Waals surface area (Å²) in [6.07, 6.45) is -7.18. The van der Waals surface area contributed by atoms with Gasteiger partial charge in [-0.05, 0) is 6.92 Å². The monoisotopic (exact) mass is 227 g/mol. The van der Waals surface area contributed by atoms with Crippen LogP contribution in [0.1, 0.15) is 6.92 Å². The lowest BCUT2D eigenvalue weighted by Crippen LogP contribution is -2.26. The number of primary amides is 1. The van der Waals surface area contributed by atoms with Crippen molar-refractivity contribution in [2.45, 2.75) is 26.0 Å². The highest BCUT2D eigenvalue weighted by molar-refractivity contribution is 5.91. The van der Waals surface area contributed by atoms with E-state index in [1.807, 2.05) is 0 Å². The molecule has 0 aromatic rings. The minimum Gasteiger partial charge on any atom is -0.366 e. The van der Waals surface area contributed by atoms with Crippen LogP contribution in [0.5, 0.6) is 0 Å². The van der Waals surface area contributed by atoms with Crippen molar-refractivity contribution in [2.24, 2.45) is 5.73 Å². The van der Waals surface area contributed by atoms with Gasteiger partial charge in [-0.3, -0.25) is 4.79 Å². The van der Waals surface area contributed by atoms with Gasteiger partial charge in [-0.25, -0.2) is 13.2 Å². The van der Waals surface area contributed by atoms with E-state index in [1.165, 1.54) is 6.92 Å². The Kier molecular flexibility index (Phi) is 5.95. The third-order valence-corrected chi connectivity index (χ3v) is 1.36. The van der Waals surface area contributed by atoms with Crippen LogP contribution in [0.4, 0.5) is 13.2 Å². The lowest BCUT2D eigenvalue weighted by molar-refractivity contribution is -0.226. The zero-order valence-corrected chi connectivity index (χ0v) is 8.08. The second kappa shape index (κ2) is 6.41. The van der Waals surface area contributed by atoms with Crippen LogP contribution in [0, 0.1) is 0 Å². The molecule has 0 bridgehead atoms. The van der Waals surface area contributed by atoms with Gasteiger partial charge in [-0.1, -0.05) is 6.58 Å². The molecule has 0 aromatic heterocycles. The summed E-state index contributed by atoms with van der Waals surface area (Å²) >= 11 is 0. The molecule has 0 aliphatic heterocycles. The molecule has 0 heterocycles. The zero-order chi connectivity index (χ0) is 12.0. The summed E-state index contributed by atoms with van der Waals surface area (Å²) in [6, 6.07) is 0. The minimum absolute atomic E-state index is 0.0575. The van der Waals surface area contributed by atoms with E-state index >= 15 is 0 Å². The fourth-order valence-electron chi connectivity index (χ4n) is 0.571. The lowest BCUT2D eigenvalue weighted by atomic mass is 10.3. The maximum Gasteiger partial charge on any atom is 0.293 e. The quantitative estimate of drug-likeness (QED) is 0.520. The summed E-state index contributed by atoms with van der Waals surface area (Å²) in [5, 5.41) is 0. The van der Waals surface area contributed by atoms with Crippen molar-refractivity contribution in [2.75, 3.05) is 6.61 Å². The Bertz CT molecular complexity index is 235. The molecular formula is C8H12F3NO3. The number of halogens is 3. The predicted molar refractivity (Wildman–Crippen MR) is 45.7 cm³/mol. The number of ether oxygens (including phenoxy) is 2. The van der Waals surface area contributed by atoms with Crippen molar-refractivity contribution in [1.82, 2.24) is 0 Å². The van der Waals surface area contributed by atoms with Gasteiger partial charge in [0.15, 0.2) is 6.29 Å². The third kappa shape index (κ3) is 6.08. The van der Waals surface area contributed by atoms with Crippen molar-refractivity contribution < 1.29 is 27.4 Å². The SMILES string of the molecule is C=C(COC(C)OC(F)C(F)F)C(N)=O. The molecule has 0 aliphatic carbocycles. The Balaban J connectivity index is 3.80. The summed E-state index contributed by atoms with van der Waals surface area (Å²) in [5.41, 5.74) is 4.76. The second-order valence-electron chi connectivity index (χ2n) is 2.67. The van der Waals surface area contributed by atoms with Gasteiger partial charge in [0, 0.05) is 5.57 Å². The normalized spacial score (nSPS) is 15.0. The highest BCUT2D eigenvalue weighted by Crippen LogP contribution is 2.10. The van der Waals surface area contributed by atoms with Gasteiger partial charge >= 0.3 is 0 Å². The molecule has 0 spiro atoms. The minimum atomic E-state index is -3.24. The Morgan fingerprint density at radius 3 is 2.40 bits per heavy atom. The van der Waals surface area contributed by atoms with Crippen molar-refractivity contribution in [3.8, 4) is 0 Å². The van der Waals surface area contributed by atoms with E-state index < -0.39 is 25.0 Å². The van der Waals surface area contributed by atoms with E-state index in [4.69, 9.17) is 5.73 Å². The highest BCUT2D eigenvalue weighted by atomic mass is 19.3. The molecule has 0 saturated heterocycles. The number of carbonyl (C=O) groups excluding carboxylic acids is 1. The maximum absolute atomic E-state index is 12.3. The van der Waals surface area contributed by atoms with Crippen LogP contribution in [0.3, 0.4) is 0 Å². The molecule has 15 heavy (non-hydrogen) atoms. The molecule has 88 valence electrons. The molecular weight excluding hydrogens is 215 g/mol. The smallest absolute Gasteiger partial charge is 0.293 e. The predicted octanol–water partition coefficient (Wildman–Crippen LogP) is 0.968. The molecule has 2 unspecified atom stereocenters. The number of rotatable bonds is 7. The van der Waals surface area contributed by atoms with Gasteiger partial charge in [0.25, 0.3) is 12.8 Å². The molecule has 4 nitrogen and oxygen atoms in total. The fourth-order valence-corrected chi connectivity index (χ4v) is 0.571. The van der Waals surface area contributed by atoms with Gasteiger partial charge in [0.2, 0.25) is 5.91 Å². The van der Waals surface area contributed by atoms with Crippen LogP contribution in [0.15, 0.2) is 12.2 Å². The first-order chi connectivity index (χ1) is 6.84. The molecule has 0 rings (SSSR count). The van der Waals surface area contributed by atoms with E-state index in [9.17, 15) is 18.0 Å². The van der Waals surface area contributed by atoms with Gasteiger partial charge in [0.05, 0.1) is 6.61 Å². The molecule has 0 fully saturated rings. The molecule has 1 amide bonds. The van der Waals surface area contributed by atoms with Crippen LogP contribution >= 0.6 is 0 Å². The van der Waals surface area contributed by atoms with E-state index in [2.05, 4.69) is 16.1 Å². The maximum atomic E-state index is 12.3. The molecule has 0 aliphatic rings. The molecule has 2 atom stereocenters. The van der Waals surface area contributed by atoms with Crippen LogP contribution in [-0.2, 0) is 14.3 Å². The Labute approximate surface area is 84.8 Å². The largest absolute Gasteiger partial charge is 0.366 e. The van der Waals surface area contributed by atoms with Crippen LogP contribution in [0.2, 0.25) is 0 Å². The number of alkyl halides is 3.